The number of rotatable bonds is 3. The van der Waals surface area contributed by atoms with Gasteiger partial charge in [0.2, 0.25) is 0 Å². The number of ether oxygens (including phenoxy) is 1. The van der Waals surface area contributed by atoms with Gasteiger partial charge < -0.3 is 4.74 Å². The van der Waals surface area contributed by atoms with Crippen LogP contribution in [0.4, 0.5) is 13.2 Å². The Hall–Kier alpha value is -1.52. The van der Waals surface area contributed by atoms with Gasteiger partial charge >= 0.3 is 6.61 Å². The van der Waals surface area contributed by atoms with Crippen molar-refractivity contribution >= 4 is 6.29 Å². The van der Waals surface area contributed by atoms with Crippen molar-refractivity contribution in [3.63, 3.8) is 0 Å². The summed E-state index contributed by atoms with van der Waals surface area (Å²) in [5.74, 6) is -1.49. The fourth-order valence-corrected chi connectivity index (χ4v) is 0.990. The van der Waals surface area contributed by atoms with Crippen LogP contribution < -0.4 is 4.74 Å². The van der Waals surface area contributed by atoms with Gasteiger partial charge in [-0.25, -0.2) is 4.39 Å². The highest BCUT2D eigenvalue weighted by molar-refractivity contribution is 5.77. The lowest BCUT2D eigenvalue weighted by Gasteiger charge is -2.08. The van der Waals surface area contributed by atoms with E-state index in [2.05, 4.69) is 4.74 Å². The van der Waals surface area contributed by atoms with Crippen LogP contribution in [0.25, 0.3) is 0 Å². The summed E-state index contributed by atoms with van der Waals surface area (Å²) >= 11 is 0. The Bertz CT molecular complexity index is 350. The third-order valence-corrected chi connectivity index (χ3v) is 1.74. The van der Waals surface area contributed by atoms with Gasteiger partial charge in [0.15, 0.2) is 11.6 Å². The van der Waals surface area contributed by atoms with Crippen molar-refractivity contribution in [3.05, 3.63) is 29.1 Å². The molecule has 1 aromatic rings. The van der Waals surface area contributed by atoms with Crippen molar-refractivity contribution in [3.8, 4) is 5.75 Å². The number of halogens is 3. The van der Waals surface area contributed by atoms with E-state index in [1.165, 1.54) is 13.0 Å². The molecule has 1 aromatic carbocycles. The van der Waals surface area contributed by atoms with Crippen LogP contribution in [0.1, 0.15) is 15.9 Å². The van der Waals surface area contributed by atoms with Gasteiger partial charge in [-0.1, -0.05) is 0 Å². The van der Waals surface area contributed by atoms with E-state index in [1.807, 2.05) is 0 Å². The molecule has 76 valence electrons. The third kappa shape index (κ3) is 2.04. The highest BCUT2D eigenvalue weighted by Crippen LogP contribution is 2.23. The number of hydrogen-bond acceptors (Lipinski definition) is 2. The lowest BCUT2D eigenvalue weighted by Crippen LogP contribution is -2.05. The molecule has 0 saturated heterocycles. The summed E-state index contributed by atoms with van der Waals surface area (Å²) in [4.78, 5) is 10.4. The molecular formula is C9H7F3O2. The van der Waals surface area contributed by atoms with Crippen LogP contribution in [0.3, 0.4) is 0 Å². The molecule has 0 atom stereocenters. The van der Waals surface area contributed by atoms with Crippen molar-refractivity contribution in [2.24, 2.45) is 0 Å². The average Bonchev–Trinajstić information content (AvgIpc) is 2.13. The van der Waals surface area contributed by atoms with E-state index >= 15 is 0 Å². The first-order valence-electron chi connectivity index (χ1n) is 3.75. The third-order valence-electron chi connectivity index (χ3n) is 1.74. The van der Waals surface area contributed by atoms with Gasteiger partial charge in [0.25, 0.3) is 0 Å². The molecule has 2 nitrogen and oxygen atoms in total. The molecule has 0 aliphatic carbocycles. The second kappa shape index (κ2) is 4.13. The molecule has 0 saturated carbocycles. The Morgan fingerprint density at radius 3 is 2.57 bits per heavy atom. The Kier molecular flexibility index (Phi) is 3.11. The Morgan fingerprint density at radius 2 is 2.07 bits per heavy atom. The zero-order chi connectivity index (χ0) is 10.7. The van der Waals surface area contributed by atoms with Gasteiger partial charge in [-0.3, -0.25) is 4.79 Å². The summed E-state index contributed by atoms with van der Waals surface area (Å²) in [6.07, 6.45) is 0.449. The number of hydrogen-bond donors (Lipinski definition) is 0. The summed E-state index contributed by atoms with van der Waals surface area (Å²) in [6, 6.07) is 2.22. The van der Waals surface area contributed by atoms with E-state index in [9.17, 15) is 18.0 Å². The zero-order valence-electron chi connectivity index (χ0n) is 7.26. The fourth-order valence-electron chi connectivity index (χ4n) is 0.990. The summed E-state index contributed by atoms with van der Waals surface area (Å²) in [6.45, 7) is -1.76. The molecule has 0 radical (unpaired) electrons. The Morgan fingerprint density at radius 1 is 1.43 bits per heavy atom. The molecular weight excluding hydrogens is 197 g/mol. The molecule has 0 aliphatic rings. The summed E-state index contributed by atoms with van der Waals surface area (Å²) < 4.78 is 40.6. The quantitative estimate of drug-likeness (QED) is 0.707. The molecule has 0 N–H and O–H groups in total. The summed E-state index contributed by atoms with van der Waals surface area (Å²) in [5.41, 5.74) is 0.113. The van der Waals surface area contributed by atoms with Gasteiger partial charge in [0.05, 0.1) is 0 Å². The van der Waals surface area contributed by atoms with E-state index < -0.39 is 18.2 Å². The lowest BCUT2D eigenvalue weighted by molar-refractivity contribution is -0.0522. The molecule has 0 spiro atoms. The molecule has 0 fully saturated rings. The topological polar surface area (TPSA) is 26.3 Å². The molecule has 0 amide bonds. The van der Waals surface area contributed by atoms with Gasteiger partial charge in [-0.15, -0.1) is 0 Å². The minimum absolute atomic E-state index is 0.00171. The number of benzene rings is 1. The summed E-state index contributed by atoms with van der Waals surface area (Å²) in [5, 5.41) is 0. The first-order valence-corrected chi connectivity index (χ1v) is 3.75. The van der Waals surface area contributed by atoms with Crippen molar-refractivity contribution in [2.75, 3.05) is 0 Å². The van der Waals surface area contributed by atoms with E-state index in [4.69, 9.17) is 0 Å². The van der Waals surface area contributed by atoms with E-state index in [0.717, 1.165) is 6.07 Å². The smallest absolute Gasteiger partial charge is 0.387 e. The van der Waals surface area contributed by atoms with Gasteiger partial charge in [-0.2, -0.15) is 8.78 Å². The number of aldehydes is 1. The maximum Gasteiger partial charge on any atom is 0.387 e. The maximum atomic E-state index is 13.2. The SMILES string of the molecule is Cc1c(C=O)ccc(OC(F)F)c1F. The molecule has 0 heterocycles. The van der Waals surface area contributed by atoms with Crippen LogP contribution >= 0.6 is 0 Å². The molecule has 14 heavy (non-hydrogen) atoms. The second-order valence-corrected chi connectivity index (χ2v) is 2.59. The van der Waals surface area contributed by atoms with Gasteiger partial charge in [0.1, 0.15) is 6.29 Å². The number of carbonyl (C=O) groups excluding carboxylic acids is 1. The number of carbonyl (C=O) groups is 1. The normalized spacial score (nSPS) is 10.4. The maximum absolute atomic E-state index is 13.2. The molecule has 0 aromatic heterocycles. The zero-order valence-corrected chi connectivity index (χ0v) is 7.26. The summed E-state index contributed by atoms with van der Waals surface area (Å²) in [7, 11) is 0. The van der Waals surface area contributed by atoms with Crippen molar-refractivity contribution in [1.29, 1.82) is 0 Å². The first kappa shape index (κ1) is 10.6. The van der Waals surface area contributed by atoms with E-state index in [-0.39, 0.29) is 11.1 Å². The molecule has 1 rings (SSSR count). The Balaban J connectivity index is 3.10. The van der Waals surface area contributed by atoms with E-state index in [1.54, 1.807) is 0 Å². The average molecular weight is 204 g/mol. The fraction of sp³-hybridized carbons (Fsp3) is 0.222. The monoisotopic (exact) mass is 204 g/mol. The van der Waals surface area contributed by atoms with Crippen molar-refractivity contribution in [1.82, 2.24) is 0 Å². The minimum atomic E-state index is -3.08. The standard InChI is InChI=1S/C9H7F3O2/c1-5-6(4-13)2-3-7(8(5)10)14-9(11)12/h2-4,9H,1H3. The largest absolute Gasteiger partial charge is 0.432 e. The number of alkyl halides is 2. The predicted molar refractivity (Wildman–Crippen MR) is 43.2 cm³/mol. The molecule has 0 bridgehead atoms. The van der Waals surface area contributed by atoms with Crippen LogP contribution in [0.2, 0.25) is 0 Å². The lowest BCUT2D eigenvalue weighted by atomic mass is 10.1. The van der Waals surface area contributed by atoms with Crippen molar-refractivity contribution in [2.45, 2.75) is 13.5 Å². The first-order chi connectivity index (χ1) is 6.56. The van der Waals surface area contributed by atoms with Gasteiger partial charge in [0, 0.05) is 5.56 Å². The van der Waals surface area contributed by atoms with Crippen LogP contribution in [0.15, 0.2) is 12.1 Å². The van der Waals surface area contributed by atoms with Crippen LogP contribution in [0.5, 0.6) is 5.75 Å². The molecule has 0 aliphatic heterocycles. The molecule has 0 unspecified atom stereocenters. The van der Waals surface area contributed by atoms with Crippen LogP contribution in [0, 0.1) is 12.7 Å². The second-order valence-electron chi connectivity index (χ2n) is 2.59. The van der Waals surface area contributed by atoms with E-state index in [0.29, 0.717) is 6.29 Å². The van der Waals surface area contributed by atoms with Crippen molar-refractivity contribution < 1.29 is 22.7 Å². The molecule has 5 heteroatoms. The minimum Gasteiger partial charge on any atom is -0.432 e. The van der Waals surface area contributed by atoms with Gasteiger partial charge in [-0.05, 0) is 24.6 Å². The highest BCUT2D eigenvalue weighted by Gasteiger charge is 2.13. The predicted octanol–water partition coefficient (Wildman–Crippen LogP) is 2.55. The van der Waals surface area contributed by atoms with Crippen LogP contribution in [-0.2, 0) is 0 Å². The highest BCUT2D eigenvalue weighted by atomic mass is 19.3. The Labute approximate surface area is 78.3 Å². The van der Waals surface area contributed by atoms with Crippen LogP contribution in [-0.4, -0.2) is 12.9 Å².